The number of anilines is 1. The van der Waals surface area contributed by atoms with Gasteiger partial charge in [0, 0.05) is 17.1 Å². The Bertz CT molecular complexity index is 543. The van der Waals surface area contributed by atoms with E-state index in [1.165, 1.54) is 0 Å². The Hall–Kier alpha value is -1.38. The molecule has 18 heavy (non-hydrogen) atoms. The number of halogens is 2. The number of rotatable bonds is 4. The quantitative estimate of drug-likeness (QED) is 0.883. The maximum atomic E-state index is 6.09. The van der Waals surface area contributed by atoms with Crippen LogP contribution in [0.15, 0.2) is 42.5 Å². The normalized spacial score (nSPS) is 10.2. The molecule has 0 aliphatic heterocycles. The van der Waals surface area contributed by atoms with Gasteiger partial charge in [0.15, 0.2) is 0 Å². The average molecular weight is 282 g/mol. The van der Waals surface area contributed by atoms with Gasteiger partial charge in [-0.3, -0.25) is 0 Å². The Balaban J connectivity index is 2.11. The summed E-state index contributed by atoms with van der Waals surface area (Å²) in [6.07, 6.45) is 0. The molecule has 0 aromatic heterocycles. The zero-order valence-corrected chi connectivity index (χ0v) is 11.4. The summed E-state index contributed by atoms with van der Waals surface area (Å²) in [5.41, 5.74) is 1.93. The first-order valence-electron chi connectivity index (χ1n) is 5.51. The largest absolute Gasteiger partial charge is 0.496 e. The molecule has 0 unspecified atom stereocenters. The van der Waals surface area contributed by atoms with Gasteiger partial charge in [0.2, 0.25) is 0 Å². The van der Waals surface area contributed by atoms with E-state index in [1.807, 2.05) is 30.3 Å². The van der Waals surface area contributed by atoms with Gasteiger partial charge in [-0.1, -0.05) is 41.4 Å². The summed E-state index contributed by atoms with van der Waals surface area (Å²) < 4.78 is 5.29. The molecule has 0 radical (unpaired) electrons. The second-order valence-corrected chi connectivity index (χ2v) is 4.63. The van der Waals surface area contributed by atoms with Crippen LogP contribution in [0.3, 0.4) is 0 Å². The molecule has 0 heterocycles. The minimum atomic E-state index is 0.609. The molecule has 0 aliphatic rings. The fourth-order valence-electron chi connectivity index (χ4n) is 1.67. The summed E-state index contributed by atoms with van der Waals surface area (Å²) in [5, 5.41) is 4.50. The van der Waals surface area contributed by atoms with E-state index in [4.69, 9.17) is 27.9 Å². The lowest BCUT2D eigenvalue weighted by molar-refractivity contribution is 0.410. The molecule has 1 N–H and O–H groups in total. The van der Waals surface area contributed by atoms with Crippen molar-refractivity contribution in [2.24, 2.45) is 0 Å². The topological polar surface area (TPSA) is 21.3 Å². The van der Waals surface area contributed by atoms with Gasteiger partial charge in [-0.25, -0.2) is 0 Å². The van der Waals surface area contributed by atoms with Crippen LogP contribution in [-0.2, 0) is 6.54 Å². The third kappa shape index (κ3) is 3.09. The van der Waals surface area contributed by atoms with Gasteiger partial charge in [-0.05, 0) is 24.3 Å². The number of benzene rings is 2. The molecule has 0 fully saturated rings. The van der Waals surface area contributed by atoms with Crippen molar-refractivity contribution in [3.63, 3.8) is 0 Å². The van der Waals surface area contributed by atoms with Crippen LogP contribution in [0.5, 0.6) is 5.75 Å². The maximum absolute atomic E-state index is 6.09. The number of hydrogen-bond acceptors (Lipinski definition) is 2. The van der Waals surface area contributed by atoms with E-state index >= 15 is 0 Å². The zero-order chi connectivity index (χ0) is 13.0. The maximum Gasteiger partial charge on any atom is 0.123 e. The van der Waals surface area contributed by atoms with Crippen LogP contribution in [0.2, 0.25) is 10.0 Å². The average Bonchev–Trinajstić information content (AvgIpc) is 2.38. The van der Waals surface area contributed by atoms with Crippen molar-refractivity contribution in [2.45, 2.75) is 6.54 Å². The van der Waals surface area contributed by atoms with Crippen LogP contribution in [0.25, 0.3) is 0 Å². The van der Waals surface area contributed by atoms with E-state index in [-0.39, 0.29) is 0 Å². The van der Waals surface area contributed by atoms with Gasteiger partial charge in [0.1, 0.15) is 5.75 Å². The van der Waals surface area contributed by atoms with E-state index in [1.54, 1.807) is 19.2 Å². The predicted molar refractivity (Wildman–Crippen MR) is 76.8 cm³/mol. The molecule has 0 saturated carbocycles. The van der Waals surface area contributed by atoms with Crippen molar-refractivity contribution in [2.75, 3.05) is 12.4 Å². The van der Waals surface area contributed by atoms with Crippen LogP contribution >= 0.6 is 23.2 Å². The highest BCUT2D eigenvalue weighted by atomic mass is 35.5. The Morgan fingerprint density at radius 3 is 2.61 bits per heavy atom. The third-order valence-corrected chi connectivity index (χ3v) is 3.14. The van der Waals surface area contributed by atoms with Gasteiger partial charge >= 0.3 is 0 Å². The fraction of sp³-hybridized carbons (Fsp3) is 0.143. The molecule has 0 saturated heterocycles. The second-order valence-electron chi connectivity index (χ2n) is 3.79. The number of methoxy groups -OCH3 is 1. The lowest BCUT2D eigenvalue weighted by Gasteiger charge is -2.11. The highest BCUT2D eigenvalue weighted by molar-refractivity contribution is 6.36. The number of nitrogens with one attached hydrogen (secondary N) is 1. The van der Waals surface area contributed by atoms with Crippen molar-refractivity contribution < 1.29 is 4.74 Å². The molecule has 4 heteroatoms. The molecule has 2 nitrogen and oxygen atoms in total. The molecule has 0 aliphatic carbocycles. The van der Waals surface area contributed by atoms with E-state index < -0.39 is 0 Å². The molecule has 2 rings (SSSR count). The SMILES string of the molecule is COc1ccccc1CNc1ccc(Cl)cc1Cl. The van der Waals surface area contributed by atoms with Crippen molar-refractivity contribution in [1.29, 1.82) is 0 Å². The minimum Gasteiger partial charge on any atom is -0.496 e. The molecule has 2 aromatic rings. The first-order chi connectivity index (χ1) is 8.70. The van der Waals surface area contributed by atoms with E-state index in [9.17, 15) is 0 Å². The van der Waals surface area contributed by atoms with E-state index in [0.717, 1.165) is 17.0 Å². The Kier molecular flexibility index (Phi) is 4.34. The fourth-order valence-corrected chi connectivity index (χ4v) is 2.15. The molecular weight excluding hydrogens is 269 g/mol. The summed E-state index contributed by atoms with van der Waals surface area (Å²) in [6, 6.07) is 13.2. The molecule has 94 valence electrons. The van der Waals surface area contributed by atoms with Gasteiger partial charge in [0.05, 0.1) is 17.8 Å². The lowest BCUT2D eigenvalue weighted by Crippen LogP contribution is -2.01. The first kappa shape index (κ1) is 13.1. The summed E-state index contributed by atoms with van der Waals surface area (Å²) in [4.78, 5) is 0. The second kappa shape index (κ2) is 5.98. The molecule has 0 bridgehead atoms. The number of hydrogen-bond donors (Lipinski definition) is 1. The van der Waals surface area contributed by atoms with Crippen LogP contribution in [0.4, 0.5) is 5.69 Å². The highest BCUT2D eigenvalue weighted by Gasteiger charge is 2.04. The van der Waals surface area contributed by atoms with Crippen molar-refractivity contribution in [1.82, 2.24) is 0 Å². The van der Waals surface area contributed by atoms with Gasteiger partial charge in [0.25, 0.3) is 0 Å². The summed E-state index contributed by atoms with van der Waals surface area (Å²) in [5.74, 6) is 0.857. The van der Waals surface area contributed by atoms with Crippen LogP contribution in [0, 0.1) is 0 Å². The van der Waals surface area contributed by atoms with Gasteiger partial charge in [-0.2, -0.15) is 0 Å². The third-order valence-electron chi connectivity index (χ3n) is 2.59. The van der Waals surface area contributed by atoms with Gasteiger partial charge < -0.3 is 10.1 Å². The highest BCUT2D eigenvalue weighted by Crippen LogP contribution is 2.26. The minimum absolute atomic E-state index is 0.609. The molecular formula is C14H13Cl2NO. The smallest absolute Gasteiger partial charge is 0.123 e. The van der Waals surface area contributed by atoms with Crippen LogP contribution in [-0.4, -0.2) is 7.11 Å². The number of para-hydroxylation sites is 1. The standard InChI is InChI=1S/C14H13Cl2NO/c1-18-14-5-3-2-4-10(14)9-17-13-7-6-11(15)8-12(13)16/h2-8,17H,9H2,1H3. The Morgan fingerprint density at radius 1 is 1.11 bits per heavy atom. The van der Waals surface area contributed by atoms with Crippen LogP contribution in [0.1, 0.15) is 5.56 Å². The van der Waals surface area contributed by atoms with Crippen molar-refractivity contribution in [3.05, 3.63) is 58.1 Å². The first-order valence-corrected chi connectivity index (χ1v) is 6.27. The number of ether oxygens (including phenoxy) is 1. The monoisotopic (exact) mass is 281 g/mol. The van der Waals surface area contributed by atoms with Gasteiger partial charge in [-0.15, -0.1) is 0 Å². The zero-order valence-electron chi connectivity index (χ0n) is 9.91. The molecule has 0 spiro atoms. The molecule has 0 amide bonds. The van der Waals surface area contributed by atoms with Crippen molar-refractivity contribution in [3.8, 4) is 5.75 Å². The van der Waals surface area contributed by atoms with E-state index in [0.29, 0.717) is 16.6 Å². The Labute approximate surface area is 116 Å². The summed E-state index contributed by atoms with van der Waals surface area (Å²) >= 11 is 11.9. The molecule has 2 aromatic carbocycles. The summed E-state index contributed by atoms with van der Waals surface area (Å²) in [7, 11) is 1.66. The molecule has 0 atom stereocenters. The van der Waals surface area contributed by atoms with E-state index in [2.05, 4.69) is 5.32 Å². The van der Waals surface area contributed by atoms with Crippen LogP contribution < -0.4 is 10.1 Å². The Morgan fingerprint density at radius 2 is 1.89 bits per heavy atom. The van der Waals surface area contributed by atoms with Crippen molar-refractivity contribution >= 4 is 28.9 Å². The summed E-state index contributed by atoms with van der Waals surface area (Å²) in [6.45, 7) is 0.644. The predicted octanol–water partition coefficient (Wildman–Crippen LogP) is 4.61. The lowest BCUT2D eigenvalue weighted by atomic mass is 10.2.